The molecule has 0 atom stereocenters. The molecule has 1 N–H and O–H groups in total. The lowest BCUT2D eigenvalue weighted by Gasteiger charge is -2.34. The number of anilines is 3. The quantitative estimate of drug-likeness (QED) is 0.367. The maximum Gasteiger partial charge on any atom is 0.0796 e. The molecule has 28 heavy (non-hydrogen) atoms. The number of rotatable bonds is 5. The Morgan fingerprint density at radius 2 is 1.71 bits per heavy atom. The first kappa shape index (κ1) is 21.6. The van der Waals surface area contributed by atoms with Gasteiger partial charge in [-0.3, -0.25) is 5.01 Å². The van der Waals surface area contributed by atoms with E-state index >= 15 is 0 Å². The van der Waals surface area contributed by atoms with E-state index in [0.29, 0.717) is 0 Å². The number of hydrogen-bond donors (Lipinski definition) is 1. The Hall–Kier alpha value is -1.15. The smallest absolute Gasteiger partial charge is 0.0796 e. The van der Waals surface area contributed by atoms with Crippen molar-refractivity contribution in [1.82, 2.24) is 5.43 Å². The van der Waals surface area contributed by atoms with E-state index in [0.717, 1.165) is 19.6 Å². The van der Waals surface area contributed by atoms with Gasteiger partial charge in [0.05, 0.1) is 11.4 Å². The molecule has 0 spiro atoms. The largest absolute Gasteiger partial charge is 0.372 e. The zero-order chi connectivity index (χ0) is 19.0. The molecule has 0 fully saturated rings. The maximum atomic E-state index is 3.59. The normalized spacial score (nSPS) is 12.4. The molecule has 1 heterocycles. The third-order valence-electron chi connectivity index (χ3n) is 4.99. The van der Waals surface area contributed by atoms with Crippen molar-refractivity contribution in [2.24, 2.45) is 0 Å². The molecular formula is C22H25ClIN3S. The third-order valence-corrected chi connectivity index (χ3v) is 6.76. The summed E-state index contributed by atoms with van der Waals surface area (Å²) in [5, 5.41) is 4.86. The number of hydrazine groups is 1. The van der Waals surface area contributed by atoms with Crippen LogP contribution in [0.2, 0.25) is 0 Å². The molecule has 1 aliphatic rings. The Kier molecular flexibility index (Phi) is 7.02. The van der Waals surface area contributed by atoms with Gasteiger partial charge in [0.15, 0.2) is 0 Å². The average Bonchev–Trinajstić information content (AvgIpc) is 2.68. The predicted molar refractivity (Wildman–Crippen MR) is 134 cm³/mol. The van der Waals surface area contributed by atoms with Crippen molar-refractivity contribution in [3.63, 3.8) is 0 Å². The second kappa shape index (κ2) is 9.11. The standard InChI is InChI=1S/C22H24IN3S.ClH/c1-4-24-26-19-11-10-17(25(5-2)6-3)14-21(19)27-20-12-8-15-7-9-16(23)13-18(15)22(20)26;/h7-14,24H,4-6H2,1-3H3;1H. The molecular weight excluding hydrogens is 501 g/mol. The summed E-state index contributed by atoms with van der Waals surface area (Å²) in [6.45, 7) is 9.50. The highest BCUT2D eigenvalue weighted by atomic mass is 127. The van der Waals surface area contributed by atoms with Crippen LogP contribution >= 0.6 is 46.8 Å². The molecule has 0 radical (unpaired) electrons. The van der Waals surface area contributed by atoms with Crippen LogP contribution in [0.5, 0.6) is 0 Å². The molecule has 6 heteroatoms. The van der Waals surface area contributed by atoms with Gasteiger partial charge in [-0.05, 0) is 78.2 Å². The lowest BCUT2D eigenvalue weighted by molar-refractivity contribution is 0.730. The minimum atomic E-state index is 0. The number of fused-ring (bicyclic) bond motifs is 4. The molecule has 0 aliphatic carbocycles. The summed E-state index contributed by atoms with van der Waals surface area (Å²) in [6, 6.07) is 18.0. The van der Waals surface area contributed by atoms with Crippen LogP contribution < -0.4 is 15.3 Å². The molecule has 0 bridgehead atoms. The van der Waals surface area contributed by atoms with Gasteiger partial charge >= 0.3 is 0 Å². The van der Waals surface area contributed by atoms with Crippen LogP contribution in [0.15, 0.2) is 58.3 Å². The Morgan fingerprint density at radius 1 is 0.964 bits per heavy atom. The van der Waals surface area contributed by atoms with Crippen molar-refractivity contribution < 1.29 is 0 Å². The average molecular weight is 526 g/mol. The molecule has 4 rings (SSSR count). The van der Waals surface area contributed by atoms with Crippen LogP contribution in [0.1, 0.15) is 20.8 Å². The van der Waals surface area contributed by atoms with Crippen molar-refractivity contribution in [2.45, 2.75) is 30.6 Å². The Labute approximate surface area is 191 Å². The van der Waals surface area contributed by atoms with E-state index in [1.54, 1.807) is 0 Å². The van der Waals surface area contributed by atoms with E-state index in [9.17, 15) is 0 Å². The Balaban J connectivity index is 0.00000225. The molecule has 3 aromatic carbocycles. The van der Waals surface area contributed by atoms with Crippen LogP contribution in [0.25, 0.3) is 10.8 Å². The fourth-order valence-corrected chi connectivity index (χ4v) is 5.29. The fourth-order valence-electron chi connectivity index (χ4n) is 3.69. The first-order valence-electron chi connectivity index (χ1n) is 9.49. The molecule has 0 amide bonds. The SMILES string of the molecule is CCNN1c2ccc(N(CC)CC)cc2Sc2ccc3ccc(I)cc3c21.Cl. The van der Waals surface area contributed by atoms with Gasteiger partial charge in [0.25, 0.3) is 0 Å². The van der Waals surface area contributed by atoms with Gasteiger partial charge in [0, 0.05) is 44.1 Å². The summed E-state index contributed by atoms with van der Waals surface area (Å²) in [6.07, 6.45) is 0. The highest BCUT2D eigenvalue weighted by Gasteiger charge is 2.26. The van der Waals surface area contributed by atoms with Crippen LogP contribution in [0.4, 0.5) is 17.1 Å². The Morgan fingerprint density at radius 3 is 2.43 bits per heavy atom. The molecule has 3 aromatic rings. The van der Waals surface area contributed by atoms with Gasteiger partial charge in [0.2, 0.25) is 0 Å². The van der Waals surface area contributed by atoms with Crippen LogP contribution in [-0.2, 0) is 0 Å². The lowest BCUT2D eigenvalue weighted by atomic mass is 10.1. The minimum Gasteiger partial charge on any atom is -0.372 e. The molecule has 0 unspecified atom stereocenters. The van der Waals surface area contributed by atoms with Gasteiger partial charge in [0.1, 0.15) is 0 Å². The van der Waals surface area contributed by atoms with Gasteiger partial charge in [-0.2, -0.15) is 0 Å². The van der Waals surface area contributed by atoms with Crippen LogP contribution in [-0.4, -0.2) is 19.6 Å². The summed E-state index contributed by atoms with van der Waals surface area (Å²) in [4.78, 5) is 5.00. The van der Waals surface area contributed by atoms with E-state index in [4.69, 9.17) is 0 Å². The summed E-state index contributed by atoms with van der Waals surface area (Å²) in [7, 11) is 0. The monoisotopic (exact) mass is 525 g/mol. The molecule has 3 nitrogen and oxygen atoms in total. The van der Waals surface area contributed by atoms with E-state index in [2.05, 4.69) is 107 Å². The second-order valence-electron chi connectivity index (χ2n) is 6.55. The highest BCUT2D eigenvalue weighted by molar-refractivity contribution is 14.1. The second-order valence-corrected chi connectivity index (χ2v) is 8.88. The van der Waals surface area contributed by atoms with Gasteiger partial charge in [-0.25, -0.2) is 5.43 Å². The zero-order valence-corrected chi connectivity index (χ0v) is 20.1. The number of hydrogen-bond acceptors (Lipinski definition) is 4. The molecule has 0 saturated carbocycles. The molecule has 1 aliphatic heterocycles. The predicted octanol–water partition coefficient (Wildman–Crippen LogP) is 6.84. The van der Waals surface area contributed by atoms with Crippen molar-refractivity contribution >= 4 is 74.6 Å². The summed E-state index contributed by atoms with van der Waals surface area (Å²) in [5.41, 5.74) is 7.38. The van der Waals surface area contributed by atoms with Crippen molar-refractivity contribution in [3.8, 4) is 0 Å². The number of halogens is 2. The summed E-state index contributed by atoms with van der Waals surface area (Å²) in [5.74, 6) is 0. The van der Waals surface area contributed by atoms with Crippen molar-refractivity contribution in [2.75, 3.05) is 29.5 Å². The Bertz CT molecular complexity index is 991. The van der Waals surface area contributed by atoms with Crippen LogP contribution in [0.3, 0.4) is 0 Å². The first-order valence-corrected chi connectivity index (χ1v) is 11.4. The molecule has 148 valence electrons. The summed E-state index contributed by atoms with van der Waals surface area (Å²) < 4.78 is 1.26. The number of benzene rings is 3. The van der Waals surface area contributed by atoms with Gasteiger partial charge < -0.3 is 4.90 Å². The number of nitrogens with zero attached hydrogens (tertiary/aromatic N) is 2. The van der Waals surface area contributed by atoms with E-state index in [1.165, 1.54) is 41.2 Å². The van der Waals surface area contributed by atoms with E-state index < -0.39 is 0 Å². The van der Waals surface area contributed by atoms with Gasteiger partial charge in [-0.15, -0.1) is 12.4 Å². The lowest BCUT2D eigenvalue weighted by Crippen LogP contribution is -2.35. The van der Waals surface area contributed by atoms with Crippen molar-refractivity contribution in [3.05, 3.63) is 52.1 Å². The van der Waals surface area contributed by atoms with E-state index in [-0.39, 0.29) is 12.4 Å². The maximum absolute atomic E-state index is 3.59. The topological polar surface area (TPSA) is 18.5 Å². The highest BCUT2D eigenvalue weighted by Crippen LogP contribution is 2.51. The number of nitrogens with one attached hydrogen (secondary N) is 1. The first-order chi connectivity index (χ1) is 13.2. The minimum absolute atomic E-state index is 0. The summed E-state index contributed by atoms with van der Waals surface area (Å²) >= 11 is 4.27. The third kappa shape index (κ3) is 3.82. The van der Waals surface area contributed by atoms with Crippen LogP contribution in [0, 0.1) is 3.57 Å². The zero-order valence-electron chi connectivity index (χ0n) is 16.3. The fraction of sp³-hybridized carbons (Fsp3) is 0.273. The van der Waals surface area contributed by atoms with Gasteiger partial charge in [-0.1, -0.05) is 30.8 Å². The van der Waals surface area contributed by atoms with E-state index in [1.807, 2.05) is 11.8 Å². The molecule has 0 saturated heterocycles. The molecule has 0 aromatic heterocycles. The van der Waals surface area contributed by atoms with Crippen molar-refractivity contribution in [1.29, 1.82) is 0 Å².